The summed E-state index contributed by atoms with van der Waals surface area (Å²) in [5, 5.41) is 8.24. The Hall–Kier alpha value is -2.35. The van der Waals surface area contributed by atoms with Crippen molar-refractivity contribution in [2.24, 2.45) is 11.0 Å². The van der Waals surface area contributed by atoms with Gasteiger partial charge in [-0.2, -0.15) is 5.01 Å². The minimum atomic E-state index is -1.30. The molecule has 0 fully saturated rings. The van der Waals surface area contributed by atoms with Crippen molar-refractivity contribution in [3.05, 3.63) is 29.8 Å². The highest BCUT2D eigenvalue weighted by Crippen LogP contribution is 2.54. The third kappa shape index (κ3) is 2.70. The number of rotatable bonds is 2. The first-order chi connectivity index (χ1) is 11.8. The fraction of sp³-hybridized carbons (Fsp3) is 0.412. The lowest BCUT2D eigenvalue weighted by atomic mass is 10.1. The van der Waals surface area contributed by atoms with E-state index in [0.717, 1.165) is 17.4 Å². The molecule has 132 valence electrons. The zero-order valence-corrected chi connectivity index (χ0v) is 15.4. The largest absolute Gasteiger partial charge is 0.309 e. The van der Waals surface area contributed by atoms with Crippen LogP contribution in [-0.2, 0) is 19.3 Å². The number of nitrogens with zero attached hydrogens (tertiary/aromatic N) is 3. The van der Waals surface area contributed by atoms with E-state index in [9.17, 15) is 14.4 Å². The molecule has 1 aromatic rings. The molecule has 7 nitrogen and oxygen atoms in total. The van der Waals surface area contributed by atoms with Crippen LogP contribution in [0.1, 0.15) is 33.3 Å². The number of hydrogen-bond acceptors (Lipinski definition) is 5. The molecule has 2 aliphatic rings. The maximum Gasteiger partial charge on any atom is 0.270 e. The monoisotopic (exact) mass is 360 g/mol. The number of benzene rings is 1. The van der Waals surface area contributed by atoms with Gasteiger partial charge in [-0.3, -0.25) is 14.4 Å². The summed E-state index contributed by atoms with van der Waals surface area (Å²) in [5.74, 6) is -0.612. The zero-order valence-electron chi connectivity index (χ0n) is 14.6. The number of nitrogens with one attached hydrogen (secondary N) is 1. The van der Waals surface area contributed by atoms with E-state index in [0.29, 0.717) is 12.1 Å². The van der Waals surface area contributed by atoms with Gasteiger partial charge in [-0.05, 0) is 23.7 Å². The van der Waals surface area contributed by atoms with E-state index in [1.54, 1.807) is 4.90 Å². The minimum absolute atomic E-state index is 0.216. The van der Waals surface area contributed by atoms with Gasteiger partial charge in [0.15, 0.2) is 5.17 Å². The molecule has 1 aromatic carbocycles. The van der Waals surface area contributed by atoms with Crippen molar-refractivity contribution in [1.82, 2.24) is 10.3 Å². The Balaban J connectivity index is 2.12. The molecular formula is C17H20N4O3S. The number of thioether (sulfide) groups is 1. The third-order valence-electron chi connectivity index (χ3n) is 3.96. The van der Waals surface area contributed by atoms with Crippen molar-refractivity contribution in [3.8, 4) is 0 Å². The molecule has 2 aliphatic heterocycles. The van der Waals surface area contributed by atoms with Gasteiger partial charge in [0.05, 0.1) is 5.69 Å². The van der Waals surface area contributed by atoms with Gasteiger partial charge in [-0.25, -0.2) is 0 Å². The Labute approximate surface area is 150 Å². The van der Waals surface area contributed by atoms with Crippen LogP contribution in [0, 0.1) is 5.92 Å². The summed E-state index contributed by atoms with van der Waals surface area (Å²) in [4.78, 5) is 37.5. The number of amidine groups is 1. The van der Waals surface area contributed by atoms with Gasteiger partial charge in [-0.15, -0.1) is 5.10 Å². The predicted octanol–water partition coefficient (Wildman–Crippen LogP) is 1.84. The fourth-order valence-electron chi connectivity index (χ4n) is 3.11. The summed E-state index contributed by atoms with van der Waals surface area (Å²) in [5.41, 5.74) is 1.49. The normalized spacial score (nSPS) is 21.8. The first-order valence-corrected chi connectivity index (χ1v) is 8.86. The van der Waals surface area contributed by atoms with Gasteiger partial charge >= 0.3 is 0 Å². The van der Waals surface area contributed by atoms with Gasteiger partial charge in [0, 0.05) is 26.0 Å². The lowest BCUT2D eigenvalue weighted by Gasteiger charge is -2.29. The van der Waals surface area contributed by atoms with Crippen molar-refractivity contribution in [2.45, 2.75) is 32.6 Å². The van der Waals surface area contributed by atoms with Crippen molar-refractivity contribution in [3.63, 3.8) is 0 Å². The molecule has 0 bridgehead atoms. The highest BCUT2D eigenvalue weighted by Gasteiger charge is 2.61. The SMILES string of the molecule is CC(=O)NC1=NN(C(C)=O)C2(S1)C(=O)N(CC(C)C)c1ccccc12. The molecule has 0 saturated heterocycles. The van der Waals surface area contributed by atoms with Crippen LogP contribution >= 0.6 is 11.8 Å². The van der Waals surface area contributed by atoms with Crippen LogP contribution < -0.4 is 10.2 Å². The van der Waals surface area contributed by atoms with Gasteiger partial charge < -0.3 is 10.2 Å². The standard InChI is InChI=1S/C17H20N4O3S/c1-10(2)9-20-14-8-6-5-7-13(14)17(15(20)24)21(12(4)23)19-16(25-17)18-11(3)22/h5-8,10H,9H2,1-4H3,(H,18,19,22). The average molecular weight is 360 g/mol. The molecule has 0 aliphatic carbocycles. The number of anilines is 1. The molecule has 1 N–H and O–H groups in total. The minimum Gasteiger partial charge on any atom is -0.309 e. The lowest BCUT2D eigenvalue weighted by Crippen LogP contribution is -2.49. The Morgan fingerprint density at radius 3 is 2.56 bits per heavy atom. The highest BCUT2D eigenvalue weighted by molar-refractivity contribution is 8.15. The van der Waals surface area contributed by atoms with Crippen LogP contribution in [0.3, 0.4) is 0 Å². The molecule has 3 amide bonds. The van der Waals surface area contributed by atoms with Gasteiger partial charge in [0.25, 0.3) is 5.91 Å². The number of amides is 3. The third-order valence-corrected chi connectivity index (χ3v) is 5.20. The maximum atomic E-state index is 13.4. The molecule has 0 aromatic heterocycles. The van der Waals surface area contributed by atoms with E-state index in [4.69, 9.17) is 0 Å². The summed E-state index contributed by atoms with van der Waals surface area (Å²) in [7, 11) is 0. The Bertz CT molecular complexity index is 792. The molecule has 1 unspecified atom stereocenters. The quantitative estimate of drug-likeness (QED) is 0.872. The number of carbonyl (C=O) groups is 3. The maximum absolute atomic E-state index is 13.4. The topological polar surface area (TPSA) is 82.1 Å². The molecular weight excluding hydrogens is 340 g/mol. The van der Waals surface area contributed by atoms with E-state index >= 15 is 0 Å². The Kier molecular flexibility index (Phi) is 4.32. The van der Waals surface area contributed by atoms with E-state index in [2.05, 4.69) is 10.4 Å². The summed E-state index contributed by atoms with van der Waals surface area (Å²) in [6, 6.07) is 7.41. The van der Waals surface area contributed by atoms with Crippen LogP contribution in [0.25, 0.3) is 0 Å². The summed E-state index contributed by atoms with van der Waals surface area (Å²) in [6.45, 7) is 7.33. The summed E-state index contributed by atoms with van der Waals surface area (Å²) >= 11 is 1.10. The second kappa shape index (κ2) is 6.18. The molecule has 0 radical (unpaired) electrons. The van der Waals surface area contributed by atoms with Crippen LogP contribution in [-0.4, -0.2) is 34.4 Å². The van der Waals surface area contributed by atoms with Crippen LogP contribution in [0.5, 0.6) is 0 Å². The average Bonchev–Trinajstić information content (AvgIpc) is 3.00. The van der Waals surface area contributed by atoms with Crippen molar-refractivity contribution in [1.29, 1.82) is 0 Å². The molecule has 3 rings (SSSR count). The number of hydrogen-bond donors (Lipinski definition) is 1. The van der Waals surface area contributed by atoms with Crippen LogP contribution in [0.4, 0.5) is 5.69 Å². The smallest absolute Gasteiger partial charge is 0.270 e. The Morgan fingerprint density at radius 1 is 1.28 bits per heavy atom. The van der Waals surface area contributed by atoms with Gasteiger partial charge in [0.1, 0.15) is 0 Å². The molecule has 25 heavy (non-hydrogen) atoms. The number of para-hydroxylation sites is 1. The zero-order chi connectivity index (χ0) is 18.4. The van der Waals surface area contributed by atoms with E-state index in [-0.39, 0.29) is 28.8 Å². The molecule has 1 atom stereocenters. The van der Waals surface area contributed by atoms with E-state index < -0.39 is 4.87 Å². The highest BCUT2D eigenvalue weighted by atomic mass is 32.2. The van der Waals surface area contributed by atoms with Crippen LogP contribution in [0.2, 0.25) is 0 Å². The van der Waals surface area contributed by atoms with Gasteiger partial charge in [-0.1, -0.05) is 32.0 Å². The molecule has 2 heterocycles. The van der Waals surface area contributed by atoms with Gasteiger partial charge in [0.2, 0.25) is 16.7 Å². The summed E-state index contributed by atoms with van der Waals surface area (Å²) < 4.78 is 0. The van der Waals surface area contributed by atoms with E-state index in [1.165, 1.54) is 18.9 Å². The summed E-state index contributed by atoms with van der Waals surface area (Å²) in [6.07, 6.45) is 0. The lowest BCUT2D eigenvalue weighted by molar-refractivity contribution is -0.139. The van der Waals surface area contributed by atoms with E-state index in [1.807, 2.05) is 38.1 Å². The molecule has 8 heteroatoms. The fourth-order valence-corrected chi connectivity index (χ4v) is 4.44. The van der Waals surface area contributed by atoms with Crippen LogP contribution in [0.15, 0.2) is 29.4 Å². The predicted molar refractivity (Wildman–Crippen MR) is 96.7 cm³/mol. The number of fused-ring (bicyclic) bond motifs is 2. The number of carbonyl (C=O) groups excluding carboxylic acids is 3. The molecule has 1 spiro atoms. The van der Waals surface area contributed by atoms with Crippen molar-refractivity contribution < 1.29 is 14.4 Å². The van der Waals surface area contributed by atoms with Crippen molar-refractivity contribution in [2.75, 3.05) is 11.4 Å². The van der Waals surface area contributed by atoms with Crippen molar-refractivity contribution >= 4 is 40.3 Å². The second-order valence-electron chi connectivity index (χ2n) is 6.49. The number of hydrazone groups is 1. The first kappa shape index (κ1) is 17.5. The molecule has 0 saturated carbocycles. The Morgan fingerprint density at radius 2 is 1.96 bits per heavy atom. The second-order valence-corrected chi connectivity index (χ2v) is 7.67. The first-order valence-electron chi connectivity index (χ1n) is 8.05.